The van der Waals surface area contributed by atoms with Crippen molar-refractivity contribution < 1.29 is 4.74 Å². The third kappa shape index (κ3) is 2.96. The molecule has 5 heteroatoms. The number of fused-ring (bicyclic) bond motifs is 2. The minimum Gasteiger partial charge on any atom is -0.492 e. The number of piperidine rings is 1. The maximum absolute atomic E-state index is 6.29. The zero-order valence-corrected chi connectivity index (χ0v) is 15.9. The Labute approximate surface area is 157 Å². The molecule has 2 bridgehead atoms. The van der Waals surface area contributed by atoms with E-state index in [1.54, 1.807) is 6.07 Å². The molecule has 2 saturated heterocycles. The maximum atomic E-state index is 6.29. The second-order valence-electron chi connectivity index (χ2n) is 6.85. The summed E-state index contributed by atoms with van der Waals surface area (Å²) < 4.78 is 6.15. The summed E-state index contributed by atoms with van der Waals surface area (Å²) in [6.07, 6.45) is 3.79. The van der Waals surface area contributed by atoms with Crippen LogP contribution in [0, 0.1) is 5.92 Å². The van der Waals surface area contributed by atoms with Crippen LogP contribution in [0.15, 0.2) is 35.7 Å². The van der Waals surface area contributed by atoms with Gasteiger partial charge in [-0.05, 0) is 49.9 Å². The van der Waals surface area contributed by atoms with Crippen LogP contribution >= 0.6 is 34.5 Å². The Hall–Kier alpha value is -0.740. The molecule has 0 aliphatic carbocycles. The first-order chi connectivity index (χ1) is 11.6. The molecule has 4 atom stereocenters. The molecule has 1 aromatic carbocycles. The van der Waals surface area contributed by atoms with Crippen LogP contribution in [0.3, 0.4) is 0 Å². The zero-order valence-electron chi connectivity index (χ0n) is 13.6. The normalized spacial score (nSPS) is 29.8. The van der Waals surface area contributed by atoms with Crippen LogP contribution in [0.2, 0.25) is 10.0 Å². The molecule has 2 nitrogen and oxygen atoms in total. The minimum atomic E-state index is 0.488. The van der Waals surface area contributed by atoms with E-state index in [4.69, 9.17) is 27.9 Å². The van der Waals surface area contributed by atoms with Crippen LogP contribution in [-0.2, 0) is 0 Å². The molecule has 2 fully saturated rings. The van der Waals surface area contributed by atoms with E-state index in [2.05, 4.69) is 29.5 Å². The van der Waals surface area contributed by atoms with Gasteiger partial charge in [-0.3, -0.25) is 0 Å². The van der Waals surface area contributed by atoms with E-state index < -0.39 is 0 Å². The third-order valence-corrected chi connectivity index (χ3v) is 7.49. The second-order valence-corrected chi connectivity index (χ2v) is 8.61. The van der Waals surface area contributed by atoms with Gasteiger partial charge in [0.1, 0.15) is 10.8 Å². The van der Waals surface area contributed by atoms with Crippen molar-refractivity contribution in [1.29, 1.82) is 0 Å². The Balaban J connectivity index is 1.57. The summed E-state index contributed by atoms with van der Waals surface area (Å²) in [6.45, 7) is 0.685. The number of ether oxygens (including phenoxy) is 1. The molecule has 3 heterocycles. The third-order valence-electron chi connectivity index (χ3n) is 5.69. The van der Waals surface area contributed by atoms with Crippen LogP contribution in [-0.4, -0.2) is 30.6 Å². The van der Waals surface area contributed by atoms with Gasteiger partial charge in [0, 0.05) is 28.8 Å². The molecule has 24 heavy (non-hydrogen) atoms. The molecular weight excluding hydrogens is 361 g/mol. The molecular formula is C19H21Cl2NOS. The van der Waals surface area contributed by atoms with Crippen LogP contribution < -0.4 is 4.74 Å². The smallest absolute Gasteiger partial charge is 0.139 e. The molecule has 1 aromatic heterocycles. The fraction of sp³-hybridized carbons (Fsp3) is 0.474. The predicted molar refractivity (Wildman–Crippen MR) is 102 cm³/mol. The lowest BCUT2D eigenvalue weighted by Crippen LogP contribution is -2.47. The Morgan fingerprint density at radius 2 is 2.08 bits per heavy atom. The van der Waals surface area contributed by atoms with Crippen molar-refractivity contribution in [3.8, 4) is 5.75 Å². The van der Waals surface area contributed by atoms with Crippen molar-refractivity contribution in [2.45, 2.75) is 37.3 Å². The lowest BCUT2D eigenvalue weighted by molar-refractivity contribution is 0.0677. The Kier molecular flexibility index (Phi) is 4.79. The van der Waals surface area contributed by atoms with E-state index in [-0.39, 0.29) is 0 Å². The van der Waals surface area contributed by atoms with Crippen LogP contribution in [0.25, 0.3) is 0 Å². The molecule has 128 valence electrons. The largest absolute Gasteiger partial charge is 0.492 e. The summed E-state index contributed by atoms with van der Waals surface area (Å²) in [4.78, 5) is 4.06. The number of rotatable bonds is 4. The molecule has 2 aliphatic rings. The molecule has 2 aliphatic heterocycles. The summed E-state index contributed by atoms with van der Waals surface area (Å²) in [5.74, 6) is 1.76. The van der Waals surface area contributed by atoms with Gasteiger partial charge in [0.2, 0.25) is 0 Å². The van der Waals surface area contributed by atoms with E-state index in [1.165, 1.54) is 24.1 Å². The van der Waals surface area contributed by atoms with E-state index in [0.29, 0.717) is 46.3 Å². The van der Waals surface area contributed by atoms with Crippen LogP contribution in [0.4, 0.5) is 0 Å². The molecule has 0 radical (unpaired) electrons. The average Bonchev–Trinajstić information content (AvgIpc) is 3.17. The highest BCUT2D eigenvalue weighted by Crippen LogP contribution is 2.47. The summed E-state index contributed by atoms with van der Waals surface area (Å²) in [5, 5.41) is 3.24. The Morgan fingerprint density at radius 1 is 1.21 bits per heavy atom. The second kappa shape index (κ2) is 6.87. The number of hydrogen-bond donors (Lipinski definition) is 0. The summed E-state index contributed by atoms with van der Waals surface area (Å²) in [7, 11) is 2.27. The van der Waals surface area contributed by atoms with Crippen molar-refractivity contribution in [3.63, 3.8) is 0 Å². The van der Waals surface area contributed by atoms with Gasteiger partial charge >= 0.3 is 0 Å². The van der Waals surface area contributed by atoms with E-state index in [9.17, 15) is 0 Å². The number of hydrogen-bond acceptors (Lipinski definition) is 3. The van der Waals surface area contributed by atoms with E-state index in [0.717, 1.165) is 0 Å². The Morgan fingerprint density at radius 3 is 2.88 bits per heavy atom. The lowest BCUT2D eigenvalue weighted by Gasteiger charge is -2.42. The number of benzene rings is 1. The van der Waals surface area contributed by atoms with Gasteiger partial charge in [-0.1, -0.05) is 35.3 Å². The van der Waals surface area contributed by atoms with Gasteiger partial charge in [0.15, 0.2) is 0 Å². The zero-order chi connectivity index (χ0) is 16.7. The van der Waals surface area contributed by atoms with Crippen molar-refractivity contribution >= 4 is 34.5 Å². The van der Waals surface area contributed by atoms with Gasteiger partial charge in [-0.25, -0.2) is 0 Å². The molecule has 0 spiro atoms. The quantitative estimate of drug-likeness (QED) is 0.673. The summed E-state index contributed by atoms with van der Waals surface area (Å²) in [6, 6.07) is 11.3. The van der Waals surface area contributed by atoms with Crippen LogP contribution in [0.5, 0.6) is 5.75 Å². The fourth-order valence-electron chi connectivity index (χ4n) is 4.42. The fourth-order valence-corrected chi connectivity index (χ4v) is 5.68. The Bertz CT molecular complexity index is 705. The average molecular weight is 382 g/mol. The predicted octanol–water partition coefficient (Wildman–Crippen LogP) is 5.70. The number of thiophene rings is 1. The standard InChI is InChI=1S/C19H21Cl2NOS/c1-22-12-7-8-16(22)14(13(10-12)18-6-3-9-24-18)11-23-17-5-2-4-15(20)19(17)21/h2-6,9,12-14,16H,7-8,10-11H2,1H3/t12?,13-,14+,16?/m1/s1. The highest BCUT2D eigenvalue weighted by molar-refractivity contribution is 7.10. The van der Waals surface area contributed by atoms with Crippen LogP contribution in [0.1, 0.15) is 30.1 Å². The molecule has 0 amide bonds. The number of nitrogens with zero attached hydrogens (tertiary/aromatic N) is 1. The van der Waals surface area contributed by atoms with Crippen molar-refractivity contribution in [2.24, 2.45) is 5.92 Å². The molecule has 2 aromatic rings. The maximum Gasteiger partial charge on any atom is 0.139 e. The highest BCUT2D eigenvalue weighted by atomic mass is 35.5. The first-order valence-electron chi connectivity index (χ1n) is 8.47. The van der Waals surface area contributed by atoms with Gasteiger partial charge in [-0.2, -0.15) is 0 Å². The minimum absolute atomic E-state index is 0.488. The van der Waals surface area contributed by atoms with Crippen molar-refractivity contribution in [1.82, 2.24) is 4.90 Å². The van der Waals surface area contributed by atoms with E-state index >= 15 is 0 Å². The van der Waals surface area contributed by atoms with Crippen molar-refractivity contribution in [2.75, 3.05) is 13.7 Å². The molecule has 2 unspecified atom stereocenters. The topological polar surface area (TPSA) is 12.5 Å². The summed E-state index contributed by atoms with van der Waals surface area (Å²) in [5.41, 5.74) is 0. The van der Waals surface area contributed by atoms with Gasteiger partial charge in [-0.15, -0.1) is 11.3 Å². The van der Waals surface area contributed by atoms with Gasteiger partial charge < -0.3 is 9.64 Å². The molecule has 4 rings (SSSR count). The monoisotopic (exact) mass is 381 g/mol. The summed E-state index contributed by atoms with van der Waals surface area (Å²) >= 11 is 14.3. The van der Waals surface area contributed by atoms with Gasteiger partial charge in [0.05, 0.1) is 11.6 Å². The first kappa shape index (κ1) is 16.7. The highest BCUT2D eigenvalue weighted by Gasteiger charge is 2.46. The lowest BCUT2D eigenvalue weighted by atomic mass is 9.80. The molecule has 0 N–H and O–H groups in total. The van der Waals surface area contributed by atoms with E-state index in [1.807, 2.05) is 23.5 Å². The molecule has 0 saturated carbocycles. The first-order valence-corrected chi connectivity index (χ1v) is 10.1. The SMILES string of the molecule is CN1C2CCC1[C@@H](COc1cccc(Cl)c1Cl)[C@H](c1cccs1)C2. The van der Waals surface area contributed by atoms with Gasteiger partial charge in [0.25, 0.3) is 0 Å². The number of halogens is 2. The van der Waals surface area contributed by atoms with Crippen molar-refractivity contribution in [3.05, 3.63) is 50.6 Å².